The van der Waals surface area contributed by atoms with Gasteiger partial charge in [-0.05, 0) is 58.7 Å². The summed E-state index contributed by atoms with van der Waals surface area (Å²) in [4.78, 5) is 0. The summed E-state index contributed by atoms with van der Waals surface area (Å²) in [7, 11) is 0. The number of benzene rings is 2. The fraction of sp³-hybridized carbons (Fsp3) is 0.294. The van der Waals surface area contributed by atoms with Crippen LogP contribution in [-0.2, 0) is 0 Å². The molecule has 0 saturated heterocycles. The van der Waals surface area contributed by atoms with Gasteiger partial charge < -0.3 is 5.32 Å². The maximum Gasteiger partial charge on any atom is 0.0292 e. The average Bonchev–Trinajstić information content (AvgIpc) is 2.46. The van der Waals surface area contributed by atoms with Crippen LogP contribution in [0.1, 0.15) is 36.9 Å². The van der Waals surface area contributed by atoms with Crippen LogP contribution >= 0.6 is 22.6 Å². The van der Waals surface area contributed by atoms with Gasteiger partial charge in [0.15, 0.2) is 0 Å². The summed E-state index contributed by atoms with van der Waals surface area (Å²) in [6, 6.07) is 19.8. The van der Waals surface area contributed by atoms with E-state index in [-0.39, 0.29) is 0 Å². The molecule has 0 amide bonds. The van der Waals surface area contributed by atoms with Crippen LogP contribution in [-0.4, -0.2) is 6.54 Å². The van der Waals surface area contributed by atoms with Crippen molar-refractivity contribution in [2.24, 2.45) is 0 Å². The lowest BCUT2D eigenvalue weighted by atomic mass is 10.0. The van der Waals surface area contributed by atoms with Crippen LogP contribution in [0.15, 0.2) is 54.6 Å². The van der Waals surface area contributed by atoms with Gasteiger partial charge in [0.05, 0.1) is 0 Å². The molecule has 1 nitrogen and oxygen atoms in total. The molecule has 2 unspecified atom stereocenters. The van der Waals surface area contributed by atoms with Gasteiger partial charge in [-0.25, -0.2) is 0 Å². The zero-order valence-electron chi connectivity index (χ0n) is 11.4. The molecular formula is C17H20IN. The van der Waals surface area contributed by atoms with E-state index in [1.165, 1.54) is 14.7 Å². The molecule has 1 N–H and O–H groups in total. The average molecular weight is 365 g/mol. The van der Waals surface area contributed by atoms with Crippen molar-refractivity contribution in [2.45, 2.75) is 25.8 Å². The Balaban J connectivity index is 1.90. The van der Waals surface area contributed by atoms with E-state index in [1.807, 2.05) is 0 Å². The summed E-state index contributed by atoms with van der Waals surface area (Å²) in [6.45, 7) is 5.49. The molecule has 0 aromatic heterocycles. The predicted molar refractivity (Wildman–Crippen MR) is 90.4 cm³/mol. The third kappa shape index (κ3) is 4.32. The summed E-state index contributed by atoms with van der Waals surface area (Å²) in [5.41, 5.74) is 2.74. The zero-order valence-corrected chi connectivity index (χ0v) is 13.6. The second-order valence-electron chi connectivity index (χ2n) is 4.99. The van der Waals surface area contributed by atoms with E-state index in [9.17, 15) is 0 Å². The summed E-state index contributed by atoms with van der Waals surface area (Å²) < 4.78 is 1.28. The number of halogens is 1. The molecule has 0 aliphatic carbocycles. The van der Waals surface area contributed by atoms with Gasteiger partial charge in [0.2, 0.25) is 0 Å². The highest BCUT2D eigenvalue weighted by atomic mass is 127. The van der Waals surface area contributed by atoms with Gasteiger partial charge in [0.25, 0.3) is 0 Å². The van der Waals surface area contributed by atoms with Gasteiger partial charge in [-0.3, -0.25) is 0 Å². The summed E-state index contributed by atoms with van der Waals surface area (Å²) in [6.07, 6.45) is 0. The first-order chi connectivity index (χ1) is 9.16. The number of rotatable bonds is 5. The topological polar surface area (TPSA) is 12.0 Å². The third-order valence-corrected chi connectivity index (χ3v) is 4.19. The monoisotopic (exact) mass is 365 g/mol. The highest BCUT2D eigenvalue weighted by Crippen LogP contribution is 2.17. The fourth-order valence-electron chi connectivity index (χ4n) is 2.12. The minimum absolute atomic E-state index is 0.392. The number of nitrogens with one attached hydrogen (secondary N) is 1. The molecule has 0 radical (unpaired) electrons. The SMILES string of the molecule is CC(CNC(C)c1ccc(I)cc1)c1ccccc1. The third-order valence-electron chi connectivity index (χ3n) is 3.47. The van der Waals surface area contributed by atoms with Gasteiger partial charge in [-0.1, -0.05) is 49.4 Å². The van der Waals surface area contributed by atoms with Crippen LogP contribution in [0, 0.1) is 3.57 Å². The van der Waals surface area contributed by atoms with Crippen LogP contribution in [0.4, 0.5) is 0 Å². The predicted octanol–water partition coefficient (Wildman–Crippen LogP) is 4.75. The van der Waals surface area contributed by atoms with Crippen molar-refractivity contribution < 1.29 is 0 Å². The van der Waals surface area contributed by atoms with Crippen molar-refractivity contribution >= 4 is 22.6 Å². The molecule has 0 saturated carbocycles. The highest BCUT2D eigenvalue weighted by Gasteiger charge is 2.08. The van der Waals surface area contributed by atoms with E-state index >= 15 is 0 Å². The Kier molecular flexibility index (Phi) is 5.40. The zero-order chi connectivity index (χ0) is 13.7. The molecule has 0 aliphatic heterocycles. The first-order valence-electron chi connectivity index (χ1n) is 6.70. The summed E-state index contributed by atoms with van der Waals surface area (Å²) in [5, 5.41) is 3.61. The van der Waals surface area contributed by atoms with Crippen LogP contribution in [0.5, 0.6) is 0 Å². The number of hydrogen-bond donors (Lipinski definition) is 1. The summed E-state index contributed by atoms with van der Waals surface area (Å²) in [5.74, 6) is 0.535. The van der Waals surface area contributed by atoms with Gasteiger partial charge in [0, 0.05) is 16.2 Å². The molecule has 0 bridgehead atoms. The standard InChI is InChI=1S/C17H20IN/c1-13(15-6-4-3-5-7-15)12-19-14(2)16-8-10-17(18)11-9-16/h3-11,13-14,19H,12H2,1-2H3. The normalized spacial score (nSPS) is 14.1. The molecule has 2 rings (SSSR count). The Morgan fingerprint density at radius 1 is 0.895 bits per heavy atom. The molecule has 0 spiro atoms. The smallest absolute Gasteiger partial charge is 0.0292 e. The maximum absolute atomic E-state index is 3.61. The first-order valence-corrected chi connectivity index (χ1v) is 7.78. The lowest BCUT2D eigenvalue weighted by Crippen LogP contribution is -2.23. The molecule has 2 heteroatoms. The van der Waals surface area contributed by atoms with E-state index in [0.717, 1.165) is 6.54 Å². The Bertz CT molecular complexity index is 492. The molecule has 19 heavy (non-hydrogen) atoms. The highest BCUT2D eigenvalue weighted by molar-refractivity contribution is 14.1. The van der Waals surface area contributed by atoms with Crippen LogP contribution in [0.3, 0.4) is 0 Å². The van der Waals surface area contributed by atoms with Crippen LogP contribution < -0.4 is 5.32 Å². The maximum atomic E-state index is 3.61. The lowest BCUT2D eigenvalue weighted by molar-refractivity contribution is 0.537. The van der Waals surface area contributed by atoms with E-state index in [0.29, 0.717) is 12.0 Å². The molecule has 0 fully saturated rings. The Morgan fingerprint density at radius 2 is 1.53 bits per heavy atom. The molecule has 2 atom stereocenters. The van der Waals surface area contributed by atoms with Crippen LogP contribution in [0.2, 0.25) is 0 Å². The number of hydrogen-bond acceptors (Lipinski definition) is 1. The Hall–Kier alpha value is -0.870. The minimum atomic E-state index is 0.392. The van der Waals surface area contributed by atoms with Gasteiger partial charge >= 0.3 is 0 Å². The molecular weight excluding hydrogens is 345 g/mol. The van der Waals surface area contributed by atoms with Crippen molar-refractivity contribution in [1.82, 2.24) is 5.32 Å². The fourth-order valence-corrected chi connectivity index (χ4v) is 2.48. The van der Waals surface area contributed by atoms with Crippen molar-refractivity contribution in [3.05, 3.63) is 69.3 Å². The molecule has 2 aromatic carbocycles. The van der Waals surface area contributed by atoms with E-state index in [4.69, 9.17) is 0 Å². The van der Waals surface area contributed by atoms with Gasteiger partial charge in [-0.15, -0.1) is 0 Å². The van der Waals surface area contributed by atoms with Crippen LogP contribution in [0.25, 0.3) is 0 Å². The summed E-state index contributed by atoms with van der Waals surface area (Å²) >= 11 is 2.34. The molecule has 2 aromatic rings. The van der Waals surface area contributed by atoms with Crippen molar-refractivity contribution in [2.75, 3.05) is 6.54 Å². The largest absolute Gasteiger partial charge is 0.310 e. The second-order valence-corrected chi connectivity index (χ2v) is 6.24. The lowest BCUT2D eigenvalue weighted by Gasteiger charge is -2.18. The van der Waals surface area contributed by atoms with Crippen molar-refractivity contribution in [3.63, 3.8) is 0 Å². The van der Waals surface area contributed by atoms with Gasteiger partial charge in [-0.2, -0.15) is 0 Å². The minimum Gasteiger partial charge on any atom is -0.310 e. The van der Waals surface area contributed by atoms with Gasteiger partial charge in [0.1, 0.15) is 0 Å². The molecule has 0 heterocycles. The second kappa shape index (κ2) is 7.06. The van der Waals surface area contributed by atoms with E-state index < -0.39 is 0 Å². The van der Waals surface area contributed by atoms with E-state index in [1.54, 1.807) is 0 Å². The van der Waals surface area contributed by atoms with E-state index in [2.05, 4.69) is 96.4 Å². The molecule has 100 valence electrons. The first kappa shape index (κ1) is 14.5. The Morgan fingerprint density at radius 3 is 2.16 bits per heavy atom. The van der Waals surface area contributed by atoms with Crippen molar-refractivity contribution in [1.29, 1.82) is 0 Å². The Labute approximate surface area is 129 Å². The molecule has 0 aliphatic rings. The quantitative estimate of drug-likeness (QED) is 0.755. The van der Waals surface area contributed by atoms with Crippen molar-refractivity contribution in [3.8, 4) is 0 Å².